The average Bonchev–Trinajstić information content (AvgIpc) is 3.18. The van der Waals surface area contributed by atoms with Gasteiger partial charge in [0, 0.05) is 25.4 Å². The van der Waals surface area contributed by atoms with Gasteiger partial charge in [0.05, 0.1) is 15.8 Å². The third-order valence-electron chi connectivity index (χ3n) is 5.16. The average molecular weight is 399 g/mol. The minimum atomic E-state index is -3.82. The summed E-state index contributed by atoms with van der Waals surface area (Å²) in [5, 5.41) is 3.88. The van der Waals surface area contributed by atoms with E-state index < -0.39 is 21.5 Å². The fourth-order valence-corrected chi connectivity index (χ4v) is 5.30. The number of ether oxygens (including phenoxy) is 1. The second kappa shape index (κ2) is 6.49. The van der Waals surface area contributed by atoms with Crippen LogP contribution >= 0.6 is 11.6 Å². The molecule has 3 N–H and O–H groups in total. The lowest BCUT2D eigenvalue weighted by Crippen LogP contribution is -2.39. The van der Waals surface area contributed by atoms with Crippen LogP contribution in [0.3, 0.4) is 0 Å². The number of piperidine rings is 1. The minimum absolute atomic E-state index is 0.0338. The third kappa shape index (κ3) is 2.98. The van der Waals surface area contributed by atoms with E-state index in [0.717, 1.165) is 25.9 Å². The SMILES string of the molecule is O=C1OC(CNS(=O)(=O)c2c[nH]c3nccc(Cl)c23)CC12CCNCC2. The van der Waals surface area contributed by atoms with Crippen LogP contribution in [0.2, 0.25) is 5.02 Å². The minimum Gasteiger partial charge on any atom is -0.461 e. The molecule has 2 saturated heterocycles. The van der Waals surface area contributed by atoms with Crippen LogP contribution < -0.4 is 10.0 Å². The number of aromatic nitrogens is 2. The number of carbonyl (C=O) groups excluding carboxylic acids is 1. The van der Waals surface area contributed by atoms with Crippen LogP contribution in [0.15, 0.2) is 23.4 Å². The van der Waals surface area contributed by atoms with Crippen LogP contribution in [0.25, 0.3) is 11.0 Å². The van der Waals surface area contributed by atoms with Gasteiger partial charge in [-0.1, -0.05) is 11.6 Å². The molecule has 4 heterocycles. The molecule has 140 valence electrons. The molecular formula is C16H19ClN4O4S. The normalized spacial score (nSPS) is 22.8. The summed E-state index contributed by atoms with van der Waals surface area (Å²) in [5.41, 5.74) is -0.0751. The maximum Gasteiger partial charge on any atom is 0.312 e. The van der Waals surface area contributed by atoms with Crippen LogP contribution in [0.4, 0.5) is 0 Å². The highest BCUT2D eigenvalue weighted by Crippen LogP contribution is 2.41. The molecule has 0 amide bonds. The summed E-state index contributed by atoms with van der Waals surface area (Å²) in [6, 6.07) is 1.54. The van der Waals surface area contributed by atoms with Crippen molar-refractivity contribution in [2.45, 2.75) is 30.3 Å². The Labute approximate surface area is 155 Å². The Kier molecular flexibility index (Phi) is 4.42. The van der Waals surface area contributed by atoms with E-state index in [1.165, 1.54) is 18.5 Å². The van der Waals surface area contributed by atoms with E-state index in [1.807, 2.05) is 0 Å². The molecule has 0 aromatic carbocycles. The van der Waals surface area contributed by atoms with Crippen LogP contribution in [0.1, 0.15) is 19.3 Å². The van der Waals surface area contributed by atoms with Crippen molar-refractivity contribution in [1.82, 2.24) is 20.0 Å². The summed E-state index contributed by atoms with van der Waals surface area (Å²) >= 11 is 6.13. The summed E-state index contributed by atoms with van der Waals surface area (Å²) in [5.74, 6) is -0.220. The van der Waals surface area contributed by atoms with Crippen LogP contribution in [-0.2, 0) is 19.6 Å². The second-order valence-corrected chi connectivity index (χ2v) is 8.93. The highest BCUT2D eigenvalue weighted by molar-refractivity contribution is 7.89. The van der Waals surface area contributed by atoms with Crippen molar-refractivity contribution in [3.63, 3.8) is 0 Å². The molecular weight excluding hydrogens is 380 g/mol. The number of aromatic amines is 1. The highest BCUT2D eigenvalue weighted by Gasteiger charge is 2.49. The van der Waals surface area contributed by atoms with Gasteiger partial charge >= 0.3 is 5.97 Å². The van der Waals surface area contributed by atoms with Crippen molar-refractivity contribution in [3.05, 3.63) is 23.5 Å². The number of H-pyrrole nitrogens is 1. The van der Waals surface area contributed by atoms with E-state index in [0.29, 0.717) is 22.5 Å². The molecule has 1 unspecified atom stereocenters. The number of sulfonamides is 1. The molecule has 1 atom stereocenters. The van der Waals surface area contributed by atoms with Gasteiger partial charge in [0.25, 0.3) is 0 Å². The van der Waals surface area contributed by atoms with E-state index in [9.17, 15) is 13.2 Å². The summed E-state index contributed by atoms with van der Waals surface area (Å²) < 4.78 is 33.4. The monoisotopic (exact) mass is 398 g/mol. The summed E-state index contributed by atoms with van der Waals surface area (Å²) in [7, 11) is -3.82. The van der Waals surface area contributed by atoms with E-state index in [4.69, 9.17) is 16.3 Å². The molecule has 4 rings (SSSR count). The van der Waals surface area contributed by atoms with Gasteiger partial charge in [0.2, 0.25) is 10.0 Å². The van der Waals surface area contributed by atoms with Crippen molar-refractivity contribution in [2.24, 2.45) is 5.41 Å². The van der Waals surface area contributed by atoms with E-state index >= 15 is 0 Å². The quantitative estimate of drug-likeness (QED) is 0.666. The first-order valence-corrected chi connectivity index (χ1v) is 10.3. The first kappa shape index (κ1) is 17.7. The number of cyclic esters (lactones) is 1. The number of nitrogens with zero attached hydrogens (tertiary/aromatic N) is 1. The number of hydrogen-bond donors (Lipinski definition) is 3. The molecule has 1 spiro atoms. The third-order valence-corrected chi connectivity index (χ3v) is 6.93. The highest BCUT2D eigenvalue weighted by atomic mass is 35.5. The first-order chi connectivity index (χ1) is 12.4. The Morgan fingerprint density at radius 2 is 2.15 bits per heavy atom. The number of fused-ring (bicyclic) bond motifs is 1. The maximum atomic E-state index is 12.7. The standard InChI is InChI=1S/C16H19ClN4O4S/c17-11-1-4-19-14-13(11)12(9-20-14)26(23,24)21-8-10-7-16(15(22)25-10)2-5-18-6-3-16/h1,4,9-10,18,21H,2-3,5-8H2,(H,19,20). The van der Waals surface area contributed by atoms with Crippen molar-refractivity contribution >= 4 is 38.6 Å². The zero-order chi connectivity index (χ0) is 18.4. The van der Waals surface area contributed by atoms with Crippen LogP contribution in [0, 0.1) is 5.41 Å². The van der Waals surface area contributed by atoms with E-state index in [1.54, 1.807) is 0 Å². The predicted molar refractivity (Wildman–Crippen MR) is 95.3 cm³/mol. The predicted octanol–water partition coefficient (Wildman–Crippen LogP) is 1.18. The Hall–Kier alpha value is -1.68. The number of carbonyl (C=O) groups is 1. The Balaban J connectivity index is 1.50. The van der Waals surface area contributed by atoms with E-state index in [-0.39, 0.29) is 17.4 Å². The topological polar surface area (TPSA) is 113 Å². The van der Waals surface area contributed by atoms with Gasteiger partial charge < -0.3 is 15.0 Å². The lowest BCUT2D eigenvalue weighted by molar-refractivity contribution is -0.149. The lowest BCUT2D eigenvalue weighted by atomic mass is 9.76. The van der Waals surface area contributed by atoms with Gasteiger partial charge in [0.1, 0.15) is 16.6 Å². The maximum absolute atomic E-state index is 12.7. The molecule has 0 aliphatic carbocycles. The fraction of sp³-hybridized carbons (Fsp3) is 0.500. The summed E-state index contributed by atoms with van der Waals surface area (Å²) in [6.45, 7) is 1.58. The Morgan fingerprint density at radius 3 is 2.92 bits per heavy atom. The van der Waals surface area contributed by atoms with Gasteiger partial charge in [-0.05, 0) is 32.0 Å². The molecule has 0 saturated carbocycles. The van der Waals surface area contributed by atoms with Gasteiger partial charge in [-0.2, -0.15) is 0 Å². The molecule has 2 aliphatic rings. The molecule has 0 bridgehead atoms. The zero-order valence-electron chi connectivity index (χ0n) is 13.9. The van der Waals surface area contributed by atoms with Crippen LogP contribution in [-0.4, -0.2) is 50.1 Å². The number of rotatable bonds is 4. The van der Waals surface area contributed by atoms with Gasteiger partial charge in [-0.25, -0.2) is 18.1 Å². The first-order valence-electron chi connectivity index (χ1n) is 8.44. The summed E-state index contributed by atoms with van der Waals surface area (Å²) in [4.78, 5) is 19.2. The molecule has 2 fully saturated rings. The Bertz CT molecular complexity index is 952. The molecule has 0 radical (unpaired) electrons. The van der Waals surface area contributed by atoms with Gasteiger partial charge in [-0.3, -0.25) is 4.79 Å². The lowest BCUT2D eigenvalue weighted by Gasteiger charge is -2.29. The van der Waals surface area contributed by atoms with Crippen molar-refractivity contribution < 1.29 is 17.9 Å². The number of hydrogen-bond acceptors (Lipinski definition) is 6. The molecule has 2 aliphatic heterocycles. The second-order valence-electron chi connectivity index (χ2n) is 6.78. The van der Waals surface area contributed by atoms with Gasteiger partial charge in [0.15, 0.2) is 0 Å². The number of halogens is 1. The largest absolute Gasteiger partial charge is 0.461 e. The van der Waals surface area contributed by atoms with Gasteiger partial charge in [-0.15, -0.1) is 0 Å². The fourth-order valence-electron chi connectivity index (χ4n) is 3.75. The number of esters is 1. The van der Waals surface area contributed by atoms with Crippen molar-refractivity contribution in [1.29, 1.82) is 0 Å². The summed E-state index contributed by atoms with van der Waals surface area (Å²) in [6.07, 6.45) is 4.38. The molecule has 2 aromatic rings. The molecule has 2 aromatic heterocycles. The van der Waals surface area contributed by atoms with Crippen molar-refractivity contribution in [3.8, 4) is 0 Å². The number of pyridine rings is 1. The Morgan fingerprint density at radius 1 is 1.38 bits per heavy atom. The van der Waals surface area contributed by atoms with Crippen LogP contribution in [0.5, 0.6) is 0 Å². The molecule has 8 nitrogen and oxygen atoms in total. The smallest absolute Gasteiger partial charge is 0.312 e. The zero-order valence-corrected chi connectivity index (χ0v) is 15.5. The molecule has 10 heteroatoms. The van der Waals surface area contributed by atoms with Crippen molar-refractivity contribution in [2.75, 3.05) is 19.6 Å². The van der Waals surface area contributed by atoms with E-state index in [2.05, 4.69) is 20.0 Å². The number of nitrogens with one attached hydrogen (secondary N) is 3. The molecule has 26 heavy (non-hydrogen) atoms.